The van der Waals surface area contributed by atoms with Crippen molar-refractivity contribution in [1.82, 2.24) is 0 Å². The third-order valence-corrected chi connectivity index (χ3v) is 3.87. The SMILES string of the molecule is CC(Nc1ccc(C(=O)c2ccccc2)cc1)c1ccccc1. The van der Waals surface area contributed by atoms with Gasteiger partial charge in [0.05, 0.1) is 0 Å². The van der Waals surface area contributed by atoms with E-state index in [0.717, 1.165) is 5.69 Å². The molecule has 0 spiro atoms. The van der Waals surface area contributed by atoms with Gasteiger partial charge in [0, 0.05) is 22.9 Å². The third-order valence-electron chi connectivity index (χ3n) is 3.87. The molecular weight excluding hydrogens is 282 g/mol. The van der Waals surface area contributed by atoms with E-state index in [4.69, 9.17) is 0 Å². The standard InChI is InChI=1S/C21H19NO/c1-16(17-8-4-2-5-9-17)22-20-14-12-19(13-15-20)21(23)18-10-6-3-7-11-18/h2-16,22H,1H3. The summed E-state index contributed by atoms with van der Waals surface area (Å²) in [6, 6.07) is 27.5. The Morgan fingerprint density at radius 3 is 1.87 bits per heavy atom. The average molecular weight is 301 g/mol. The van der Waals surface area contributed by atoms with Crippen molar-refractivity contribution in [2.45, 2.75) is 13.0 Å². The maximum absolute atomic E-state index is 12.4. The van der Waals surface area contributed by atoms with Crippen LogP contribution in [0.15, 0.2) is 84.9 Å². The highest BCUT2D eigenvalue weighted by atomic mass is 16.1. The fraction of sp³-hybridized carbons (Fsp3) is 0.0952. The summed E-state index contributed by atoms with van der Waals surface area (Å²) in [5.41, 5.74) is 3.66. The zero-order valence-corrected chi connectivity index (χ0v) is 13.1. The molecule has 0 aromatic heterocycles. The first kappa shape index (κ1) is 15.0. The molecule has 0 saturated heterocycles. The molecule has 3 aromatic carbocycles. The lowest BCUT2D eigenvalue weighted by atomic mass is 10.0. The van der Waals surface area contributed by atoms with E-state index in [9.17, 15) is 4.79 Å². The van der Waals surface area contributed by atoms with Gasteiger partial charge in [-0.05, 0) is 36.8 Å². The van der Waals surface area contributed by atoms with E-state index in [-0.39, 0.29) is 11.8 Å². The minimum atomic E-state index is 0.0493. The number of rotatable bonds is 5. The molecular formula is C21H19NO. The van der Waals surface area contributed by atoms with Crippen LogP contribution in [0, 0.1) is 0 Å². The molecule has 0 aliphatic rings. The zero-order valence-electron chi connectivity index (χ0n) is 13.1. The van der Waals surface area contributed by atoms with Gasteiger partial charge in [0.15, 0.2) is 5.78 Å². The molecule has 3 aromatic rings. The second kappa shape index (κ2) is 6.93. The summed E-state index contributed by atoms with van der Waals surface area (Å²) in [5.74, 6) is 0.0493. The molecule has 1 N–H and O–H groups in total. The predicted octanol–water partition coefficient (Wildman–Crippen LogP) is 5.09. The van der Waals surface area contributed by atoms with Crippen LogP contribution in [0.5, 0.6) is 0 Å². The first-order chi connectivity index (χ1) is 11.2. The van der Waals surface area contributed by atoms with Crippen molar-refractivity contribution in [1.29, 1.82) is 0 Å². The summed E-state index contributed by atoms with van der Waals surface area (Å²) in [4.78, 5) is 12.4. The molecule has 0 amide bonds. The summed E-state index contributed by atoms with van der Waals surface area (Å²) >= 11 is 0. The maximum atomic E-state index is 12.4. The number of benzene rings is 3. The van der Waals surface area contributed by atoms with Gasteiger partial charge in [-0.3, -0.25) is 4.79 Å². The molecule has 1 atom stereocenters. The lowest BCUT2D eigenvalue weighted by Crippen LogP contribution is -2.07. The summed E-state index contributed by atoms with van der Waals surface area (Å²) in [6.07, 6.45) is 0. The van der Waals surface area contributed by atoms with Gasteiger partial charge in [0.25, 0.3) is 0 Å². The van der Waals surface area contributed by atoms with Crippen molar-refractivity contribution in [3.8, 4) is 0 Å². The molecule has 114 valence electrons. The topological polar surface area (TPSA) is 29.1 Å². The first-order valence-corrected chi connectivity index (χ1v) is 7.75. The highest BCUT2D eigenvalue weighted by Crippen LogP contribution is 2.20. The number of carbonyl (C=O) groups is 1. The van der Waals surface area contributed by atoms with E-state index >= 15 is 0 Å². The number of nitrogens with one attached hydrogen (secondary N) is 1. The normalized spacial score (nSPS) is 11.7. The van der Waals surface area contributed by atoms with Crippen molar-refractivity contribution < 1.29 is 4.79 Å². The van der Waals surface area contributed by atoms with Crippen LogP contribution in [0.1, 0.15) is 34.5 Å². The Labute approximate surface area is 136 Å². The highest BCUT2D eigenvalue weighted by Gasteiger charge is 2.09. The van der Waals surface area contributed by atoms with Crippen LogP contribution in [0.2, 0.25) is 0 Å². The Balaban J connectivity index is 1.71. The fourth-order valence-electron chi connectivity index (χ4n) is 2.55. The molecule has 23 heavy (non-hydrogen) atoms. The predicted molar refractivity (Wildman–Crippen MR) is 94.8 cm³/mol. The van der Waals surface area contributed by atoms with E-state index in [0.29, 0.717) is 11.1 Å². The summed E-state index contributed by atoms with van der Waals surface area (Å²) in [7, 11) is 0. The van der Waals surface area contributed by atoms with E-state index < -0.39 is 0 Å². The van der Waals surface area contributed by atoms with Crippen LogP contribution in [0.4, 0.5) is 5.69 Å². The quantitative estimate of drug-likeness (QED) is 0.665. The number of hydrogen-bond acceptors (Lipinski definition) is 2. The van der Waals surface area contributed by atoms with Gasteiger partial charge < -0.3 is 5.32 Å². The van der Waals surface area contributed by atoms with Crippen LogP contribution < -0.4 is 5.32 Å². The van der Waals surface area contributed by atoms with Crippen LogP contribution >= 0.6 is 0 Å². The molecule has 3 rings (SSSR count). The Morgan fingerprint density at radius 2 is 1.26 bits per heavy atom. The molecule has 0 heterocycles. The Bertz CT molecular complexity index is 764. The monoisotopic (exact) mass is 301 g/mol. The maximum Gasteiger partial charge on any atom is 0.193 e. The largest absolute Gasteiger partial charge is 0.379 e. The Hall–Kier alpha value is -2.87. The Morgan fingerprint density at radius 1 is 0.739 bits per heavy atom. The molecule has 0 fully saturated rings. The number of carbonyl (C=O) groups excluding carboxylic acids is 1. The molecule has 0 aliphatic heterocycles. The van der Waals surface area contributed by atoms with Crippen molar-refractivity contribution >= 4 is 11.5 Å². The van der Waals surface area contributed by atoms with Gasteiger partial charge in [-0.2, -0.15) is 0 Å². The summed E-state index contributed by atoms with van der Waals surface area (Å²) < 4.78 is 0. The van der Waals surface area contributed by atoms with Crippen LogP contribution in [-0.2, 0) is 0 Å². The second-order valence-corrected chi connectivity index (χ2v) is 5.55. The van der Waals surface area contributed by atoms with Gasteiger partial charge in [-0.15, -0.1) is 0 Å². The molecule has 2 nitrogen and oxygen atoms in total. The summed E-state index contributed by atoms with van der Waals surface area (Å²) in [6.45, 7) is 2.12. The van der Waals surface area contributed by atoms with Gasteiger partial charge in [-0.1, -0.05) is 60.7 Å². The minimum Gasteiger partial charge on any atom is -0.379 e. The molecule has 2 heteroatoms. The van der Waals surface area contributed by atoms with E-state index in [2.05, 4.69) is 24.4 Å². The van der Waals surface area contributed by atoms with E-state index in [1.807, 2.05) is 72.8 Å². The van der Waals surface area contributed by atoms with Crippen molar-refractivity contribution in [2.24, 2.45) is 0 Å². The van der Waals surface area contributed by atoms with Gasteiger partial charge in [-0.25, -0.2) is 0 Å². The lowest BCUT2D eigenvalue weighted by Gasteiger charge is -2.16. The van der Waals surface area contributed by atoms with E-state index in [1.165, 1.54) is 5.56 Å². The molecule has 0 radical (unpaired) electrons. The Kier molecular flexibility index (Phi) is 4.53. The minimum absolute atomic E-state index is 0.0493. The van der Waals surface area contributed by atoms with Gasteiger partial charge in [0.2, 0.25) is 0 Å². The molecule has 0 bridgehead atoms. The number of ketones is 1. The van der Waals surface area contributed by atoms with Gasteiger partial charge in [0.1, 0.15) is 0 Å². The zero-order chi connectivity index (χ0) is 16.1. The highest BCUT2D eigenvalue weighted by molar-refractivity contribution is 6.09. The summed E-state index contributed by atoms with van der Waals surface area (Å²) in [5, 5.41) is 3.45. The van der Waals surface area contributed by atoms with E-state index in [1.54, 1.807) is 0 Å². The average Bonchev–Trinajstić information content (AvgIpc) is 2.63. The molecule has 1 unspecified atom stereocenters. The first-order valence-electron chi connectivity index (χ1n) is 7.75. The smallest absolute Gasteiger partial charge is 0.193 e. The third kappa shape index (κ3) is 3.67. The van der Waals surface area contributed by atoms with Gasteiger partial charge >= 0.3 is 0 Å². The lowest BCUT2D eigenvalue weighted by molar-refractivity contribution is 0.103. The molecule has 0 saturated carbocycles. The number of hydrogen-bond donors (Lipinski definition) is 1. The second-order valence-electron chi connectivity index (χ2n) is 5.55. The van der Waals surface area contributed by atoms with Crippen LogP contribution in [0.3, 0.4) is 0 Å². The fourth-order valence-corrected chi connectivity index (χ4v) is 2.55. The molecule has 0 aliphatic carbocycles. The van der Waals surface area contributed by atoms with Crippen molar-refractivity contribution in [3.63, 3.8) is 0 Å². The number of anilines is 1. The van der Waals surface area contributed by atoms with Crippen molar-refractivity contribution in [3.05, 3.63) is 102 Å². The van der Waals surface area contributed by atoms with Crippen LogP contribution in [0.25, 0.3) is 0 Å². The van der Waals surface area contributed by atoms with Crippen molar-refractivity contribution in [2.75, 3.05) is 5.32 Å². The van der Waals surface area contributed by atoms with Crippen LogP contribution in [-0.4, -0.2) is 5.78 Å².